The minimum atomic E-state index is -2.10. The summed E-state index contributed by atoms with van der Waals surface area (Å²) in [5.41, 5.74) is -3.15. The SMILES string of the molecule is C/C=C(/C)C(=O)O[C@H]1CC(C)(C)CC2C3=CCC4[C@@]5(C)CC[C@H](O[C@@H]6O[C@H](C(=O)O)[C@@H](O)[C@H](O[C@H]7OC[C@@H](O)[C@@H](O)[C@@H]7O)[C@H]6O[C@H]6O[C@@H](CO)[C@@H](O)[C@@H](O)[C@@H]6O)C(C)(C)C5CC[C@@]4(C)[C@]3(C)[C@@H](O)[C@@H](O)[C@]21CO. The standard InChI is InChI=1S/C52H82O21/c1-10-22(2)43(66)69-30-18-47(3,4)17-24-23-11-12-28-49(7)15-14-29(48(5,6)27(49)13-16-50(28,8)51(23,9)40(62)41(63)52(24,30)21-54)70-46-39(73-45-35(60)33(58)32(57)26(19-53)68-45)37(36(61)38(72-46)42(64)65)71-44-34(59)31(56)25(55)20-67-44/h10-11,24-41,44-46,53-63H,12-21H2,1-9H3,(H,64,65)/b22-10-/t24?,25-,26+,27?,28?,29+,30+,31-,32-,33-,34+,35+,36+,37+,38+,39-,40+,41-,44-,45-,46-,49+,50-,51+,52-/m1/s1. The number of fused-ring (bicyclic) bond motifs is 7. The molecule has 3 saturated heterocycles. The molecule has 12 N–H and O–H groups in total. The van der Waals surface area contributed by atoms with Crippen molar-refractivity contribution in [1.29, 1.82) is 0 Å². The number of hydrogen-bond acceptors (Lipinski definition) is 20. The fraction of sp³-hybridized carbons (Fsp3) is 0.885. The van der Waals surface area contributed by atoms with Crippen LogP contribution in [-0.2, 0) is 42.7 Å². The molecular formula is C52H82O21. The molecular weight excluding hydrogens is 961 g/mol. The molecule has 3 aliphatic heterocycles. The maximum atomic E-state index is 13.4. The van der Waals surface area contributed by atoms with E-state index in [1.807, 2.05) is 20.8 Å². The smallest absolute Gasteiger partial charge is 0.335 e. The molecule has 3 unspecified atom stereocenters. The van der Waals surface area contributed by atoms with Crippen LogP contribution in [0.1, 0.15) is 107 Å². The Morgan fingerprint density at radius 3 is 2.01 bits per heavy atom. The number of carboxylic acids is 1. The Hall–Kier alpha value is -2.26. The maximum absolute atomic E-state index is 13.4. The third-order valence-corrected chi connectivity index (χ3v) is 20.1. The lowest BCUT2D eigenvalue weighted by atomic mass is 9.32. The van der Waals surface area contributed by atoms with Crippen LogP contribution in [0.25, 0.3) is 0 Å². The summed E-state index contributed by atoms with van der Waals surface area (Å²) in [4.78, 5) is 26.2. The number of carbonyl (C=O) groups excluding carboxylic acids is 1. The zero-order valence-electron chi connectivity index (χ0n) is 43.4. The first-order chi connectivity index (χ1) is 34.0. The predicted molar refractivity (Wildman–Crippen MR) is 252 cm³/mol. The Labute approximate surface area is 426 Å². The molecule has 0 radical (unpaired) electrons. The van der Waals surface area contributed by atoms with Gasteiger partial charge in [0.25, 0.3) is 0 Å². The number of carboxylic acid groups (broad SMARTS) is 1. The van der Waals surface area contributed by atoms with Crippen LogP contribution in [0.5, 0.6) is 0 Å². The normalized spacial score (nSPS) is 51.6. The summed E-state index contributed by atoms with van der Waals surface area (Å²) < 4.78 is 42.5. The average Bonchev–Trinajstić information content (AvgIpc) is 3.33. The van der Waals surface area contributed by atoms with Gasteiger partial charge in [0.05, 0.1) is 43.5 Å². The molecule has 7 fully saturated rings. The quantitative estimate of drug-likeness (QED) is 0.0551. The van der Waals surface area contributed by atoms with E-state index in [4.69, 9.17) is 33.2 Å². The van der Waals surface area contributed by atoms with Gasteiger partial charge in [0.2, 0.25) is 0 Å². The van der Waals surface area contributed by atoms with Gasteiger partial charge < -0.3 is 94.4 Å². The molecule has 0 aromatic rings. The van der Waals surface area contributed by atoms with Crippen molar-refractivity contribution in [1.82, 2.24) is 0 Å². The van der Waals surface area contributed by atoms with Crippen molar-refractivity contribution in [2.75, 3.05) is 19.8 Å². The lowest BCUT2D eigenvalue weighted by molar-refractivity contribution is -0.392. The predicted octanol–water partition coefficient (Wildman–Crippen LogP) is -0.225. The maximum Gasteiger partial charge on any atom is 0.335 e. The molecule has 0 bridgehead atoms. The van der Waals surface area contributed by atoms with Gasteiger partial charge in [0.1, 0.15) is 67.1 Å². The molecule has 0 aromatic carbocycles. The molecule has 8 rings (SSSR count). The molecule has 5 aliphatic carbocycles. The number of aliphatic hydroxyl groups excluding tert-OH is 11. The van der Waals surface area contributed by atoms with Gasteiger partial charge in [-0.15, -0.1) is 0 Å². The second-order valence-electron chi connectivity index (χ2n) is 24.7. The van der Waals surface area contributed by atoms with E-state index in [1.165, 1.54) is 0 Å². The molecule has 4 saturated carbocycles. The Bertz CT molecular complexity index is 2100. The van der Waals surface area contributed by atoms with Crippen LogP contribution in [0.15, 0.2) is 23.3 Å². The lowest BCUT2D eigenvalue weighted by Crippen LogP contribution is -2.74. The molecule has 0 aromatic heterocycles. The summed E-state index contributed by atoms with van der Waals surface area (Å²) in [6.07, 6.45) is -22.3. The van der Waals surface area contributed by atoms with Gasteiger partial charge in [0, 0.05) is 11.0 Å². The first-order valence-electron chi connectivity index (χ1n) is 26.0. The summed E-state index contributed by atoms with van der Waals surface area (Å²) in [6.45, 7) is 16.3. The van der Waals surface area contributed by atoms with Crippen LogP contribution in [0.4, 0.5) is 0 Å². The minimum Gasteiger partial charge on any atom is -0.479 e. The Balaban J connectivity index is 1.12. The zero-order valence-corrected chi connectivity index (χ0v) is 43.4. The van der Waals surface area contributed by atoms with Crippen LogP contribution in [0.3, 0.4) is 0 Å². The first-order valence-corrected chi connectivity index (χ1v) is 26.0. The Morgan fingerprint density at radius 1 is 0.726 bits per heavy atom. The summed E-state index contributed by atoms with van der Waals surface area (Å²) in [5.74, 6) is -2.76. The lowest BCUT2D eigenvalue weighted by Gasteiger charge is -2.73. The highest BCUT2D eigenvalue weighted by Gasteiger charge is 2.75. The van der Waals surface area contributed by atoms with Crippen LogP contribution in [0.2, 0.25) is 0 Å². The number of esters is 1. The van der Waals surface area contributed by atoms with E-state index in [0.29, 0.717) is 50.5 Å². The molecule has 0 amide bonds. The van der Waals surface area contributed by atoms with Crippen molar-refractivity contribution in [2.24, 2.45) is 50.2 Å². The minimum absolute atomic E-state index is 0.0629. The van der Waals surface area contributed by atoms with Gasteiger partial charge in [-0.25, -0.2) is 9.59 Å². The summed E-state index contributed by atoms with van der Waals surface area (Å²) in [5, 5.41) is 133. The summed E-state index contributed by atoms with van der Waals surface area (Å²) >= 11 is 0. The Kier molecular flexibility index (Phi) is 15.7. The van der Waals surface area contributed by atoms with Gasteiger partial charge in [-0.2, -0.15) is 0 Å². The molecule has 416 valence electrons. The van der Waals surface area contributed by atoms with E-state index in [0.717, 1.165) is 5.57 Å². The molecule has 3 heterocycles. The second kappa shape index (κ2) is 20.2. The van der Waals surface area contributed by atoms with Crippen molar-refractivity contribution in [3.63, 3.8) is 0 Å². The topological polar surface area (TPSA) is 342 Å². The Morgan fingerprint density at radius 2 is 1.38 bits per heavy atom. The average molecular weight is 1040 g/mol. The van der Waals surface area contributed by atoms with Crippen molar-refractivity contribution < 1.29 is 104 Å². The van der Waals surface area contributed by atoms with Gasteiger partial charge in [-0.05, 0) is 98.2 Å². The van der Waals surface area contributed by atoms with Crippen LogP contribution >= 0.6 is 0 Å². The van der Waals surface area contributed by atoms with Crippen LogP contribution in [0, 0.1) is 50.2 Å². The molecule has 21 nitrogen and oxygen atoms in total. The molecule has 21 heteroatoms. The molecule has 0 spiro atoms. The van der Waals surface area contributed by atoms with Crippen molar-refractivity contribution in [3.8, 4) is 0 Å². The van der Waals surface area contributed by atoms with Crippen LogP contribution in [-0.4, -0.2) is 203 Å². The number of allylic oxidation sites excluding steroid dienone is 2. The van der Waals surface area contributed by atoms with E-state index in [2.05, 4.69) is 33.8 Å². The van der Waals surface area contributed by atoms with Gasteiger partial charge in [-0.1, -0.05) is 66.2 Å². The fourth-order valence-corrected chi connectivity index (χ4v) is 15.7. The second-order valence-corrected chi connectivity index (χ2v) is 24.7. The van der Waals surface area contributed by atoms with Crippen molar-refractivity contribution >= 4 is 11.9 Å². The number of ether oxygens (including phenoxy) is 7. The largest absolute Gasteiger partial charge is 0.479 e. The highest BCUT2D eigenvalue weighted by atomic mass is 16.8. The number of rotatable bonds is 11. The zero-order chi connectivity index (χ0) is 53.9. The molecule has 73 heavy (non-hydrogen) atoms. The van der Waals surface area contributed by atoms with E-state index in [1.54, 1.807) is 19.9 Å². The van der Waals surface area contributed by atoms with E-state index < -0.39 is 175 Å². The fourth-order valence-electron chi connectivity index (χ4n) is 15.7. The number of aliphatic hydroxyl groups is 11. The van der Waals surface area contributed by atoms with Gasteiger partial charge in [0.15, 0.2) is 25.0 Å². The third-order valence-electron chi connectivity index (χ3n) is 20.1. The summed E-state index contributed by atoms with van der Waals surface area (Å²) in [7, 11) is 0. The number of hydrogen-bond donors (Lipinski definition) is 12. The van der Waals surface area contributed by atoms with Gasteiger partial charge >= 0.3 is 11.9 Å². The highest BCUT2D eigenvalue weighted by molar-refractivity contribution is 5.87. The molecule has 25 atom stereocenters. The first kappa shape index (κ1) is 56.9. The molecule has 8 aliphatic rings. The van der Waals surface area contributed by atoms with Crippen LogP contribution < -0.4 is 0 Å². The van der Waals surface area contributed by atoms with E-state index >= 15 is 0 Å². The monoisotopic (exact) mass is 1040 g/mol. The van der Waals surface area contributed by atoms with Crippen molar-refractivity contribution in [3.05, 3.63) is 23.3 Å². The third kappa shape index (κ3) is 8.89. The number of carbonyl (C=O) groups is 2. The highest BCUT2D eigenvalue weighted by Crippen LogP contribution is 2.76. The van der Waals surface area contributed by atoms with Crippen molar-refractivity contribution in [2.45, 2.75) is 218 Å². The van der Waals surface area contributed by atoms with E-state index in [9.17, 15) is 70.9 Å². The van der Waals surface area contributed by atoms with Gasteiger partial charge in [-0.3, -0.25) is 0 Å². The number of aliphatic carboxylic acids is 1. The van der Waals surface area contributed by atoms with E-state index in [-0.39, 0.29) is 17.3 Å². The summed E-state index contributed by atoms with van der Waals surface area (Å²) in [6, 6.07) is 0.